The molecule has 0 spiro atoms. The summed E-state index contributed by atoms with van der Waals surface area (Å²) in [6, 6.07) is 27.2. The molecular weight excluding hydrogens is 506 g/mol. The van der Waals surface area contributed by atoms with Crippen molar-refractivity contribution in [2.24, 2.45) is 0 Å². The molecule has 0 aliphatic carbocycles. The molecule has 4 aromatic carbocycles. The van der Waals surface area contributed by atoms with Gasteiger partial charge in [0, 0.05) is 42.8 Å². The third-order valence-corrected chi connectivity index (χ3v) is 7.36. The van der Waals surface area contributed by atoms with E-state index in [-0.39, 0.29) is 18.6 Å². The van der Waals surface area contributed by atoms with E-state index in [1.54, 1.807) is 30.2 Å². The number of hydrogen-bond donors (Lipinski definition) is 1. The van der Waals surface area contributed by atoms with E-state index in [0.29, 0.717) is 39.8 Å². The average Bonchev–Trinajstić information content (AvgIpc) is 3.45. The quantitative estimate of drug-likeness (QED) is 0.346. The van der Waals surface area contributed by atoms with Crippen LogP contribution in [-0.2, 0) is 4.79 Å². The Bertz CT molecular complexity index is 1570. The van der Waals surface area contributed by atoms with Crippen molar-refractivity contribution in [3.8, 4) is 17.2 Å². The minimum absolute atomic E-state index is 0.120. The van der Waals surface area contributed by atoms with E-state index in [2.05, 4.69) is 5.32 Å². The fourth-order valence-electron chi connectivity index (χ4n) is 5.34. The smallest absolute Gasteiger partial charge is 0.259 e. The van der Waals surface area contributed by atoms with Gasteiger partial charge in [0.05, 0.1) is 19.1 Å². The van der Waals surface area contributed by atoms with Crippen molar-refractivity contribution in [3.05, 3.63) is 108 Å². The second kappa shape index (κ2) is 10.3. The fraction of sp³-hybridized carbons (Fsp3) is 0.188. The van der Waals surface area contributed by atoms with Gasteiger partial charge in [-0.1, -0.05) is 30.3 Å². The van der Waals surface area contributed by atoms with Crippen LogP contribution in [0.5, 0.6) is 17.2 Å². The maximum absolute atomic E-state index is 14.2. The topological polar surface area (TPSA) is 80.3 Å². The first-order valence-electron chi connectivity index (χ1n) is 13.0. The number of anilines is 3. The highest BCUT2D eigenvalue weighted by atomic mass is 16.7. The minimum Gasteiger partial charge on any atom is -0.497 e. The molecule has 40 heavy (non-hydrogen) atoms. The molecule has 6 rings (SSSR count). The van der Waals surface area contributed by atoms with Gasteiger partial charge in [0.1, 0.15) is 5.75 Å². The molecule has 202 valence electrons. The summed E-state index contributed by atoms with van der Waals surface area (Å²) in [5.74, 6) is 0.729. The van der Waals surface area contributed by atoms with Gasteiger partial charge in [0.15, 0.2) is 11.5 Å². The number of hydrogen-bond acceptors (Lipinski definition) is 6. The highest BCUT2D eigenvalue weighted by Gasteiger charge is 2.45. The Labute approximate surface area is 232 Å². The summed E-state index contributed by atoms with van der Waals surface area (Å²) in [7, 11) is 5.54. The number of methoxy groups -OCH3 is 1. The van der Waals surface area contributed by atoms with Crippen LogP contribution in [0.2, 0.25) is 0 Å². The molecule has 0 radical (unpaired) electrons. The van der Waals surface area contributed by atoms with Crippen LogP contribution >= 0.6 is 0 Å². The van der Waals surface area contributed by atoms with Crippen LogP contribution in [0.25, 0.3) is 0 Å². The predicted octanol–water partition coefficient (Wildman–Crippen LogP) is 5.61. The summed E-state index contributed by atoms with van der Waals surface area (Å²) < 4.78 is 16.5. The van der Waals surface area contributed by atoms with Gasteiger partial charge in [-0.15, -0.1) is 0 Å². The monoisotopic (exact) mass is 535 g/mol. The maximum atomic E-state index is 14.2. The summed E-state index contributed by atoms with van der Waals surface area (Å²) in [6.07, 6.45) is 0. The van der Waals surface area contributed by atoms with Crippen LogP contribution in [0.3, 0.4) is 0 Å². The van der Waals surface area contributed by atoms with Gasteiger partial charge in [0.2, 0.25) is 12.7 Å². The molecule has 0 bridgehead atoms. The molecule has 8 nitrogen and oxygen atoms in total. The molecule has 2 heterocycles. The normalized spacial score (nSPS) is 17.3. The first-order valence-corrected chi connectivity index (χ1v) is 13.0. The van der Waals surface area contributed by atoms with Crippen LogP contribution < -0.4 is 29.3 Å². The Morgan fingerprint density at radius 2 is 1.65 bits per heavy atom. The van der Waals surface area contributed by atoms with Gasteiger partial charge in [-0.3, -0.25) is 14.5 Å². The Hall–Kier alpha value is -4.98. The number of carbonyl (C=O) groups is 2. The van der Waals surface area contributed by atoms with Crippen LogP contribution in [0, 0.1) is 0 Å². The molecule has 8 heteroatoms. The number of rotatable bonds is 6. The lowest BCUT2D eigenvalue weighted by Crippen LogP contribution is -2.46. The molecule has 0 unspecified atom stereocenters. The maximum Gasteiger partial charge on any atom is 0.259 e. The number of nitrogens with zero attached hydrogens (tertiary/aromatic N) is 2. The average molecular weight is 536 g/mol. The molecule has 2 amide bonds. The Morgan fingerprint density at radius 3 is 2.38 bits per heavy atom. The standard InChI is InChI=1S/C32H29N3O5/c1-34(2)22-12-10-21(11-13-22)33-31(36)29-25-6-4-5-7-26(25)32(37)35(23-14-17-27-28(18-23)40-19-39-27)30(29)20-8-15-24(38-3)16-9-20/h4-18,29-30H,19H2,1-3H3,(H,33,36)/t29-,30-/m1/s1. The van der Waals surface area contributed by atoms with Crippen molar-refractivity contribution < 1.29 is 23.8 Å². The molecule has 0 saturated heterocycles. The van der Waals surface area contributed by atoms with E-state index < -0.39 is 12.0 Å². The SMILES string of the molecule is COc1ccc([C@@H]2[C@H](C(=O)Nc3ccc(N(C)C)cc3)c3ccccc3C(=O)N2c2ccc3c(c2)OCO3)cc1. The van der Waals surface area contributed by atoms with Crippen LogP contribution in [-0.4, -0.2) is 39.8 Å². The molecule has 4 aromatic rings. The zero-order valence-electron chi connectivity index (χ0n) is 22.5. The fourth-order valence-corrected chi connectivity index (χ4v) is 5.34. The predicted molar refractivity (Wildman–Crippen MR) is 154 cm³/mol. The second-order valence-electron chi connectivity index (χ2n) is 9.93. The van der Waals surface area contributed by atoms with Crippen LogP contribution in [0.1, 0.15) is 33.4 Å². The Kier molecular flexibility index (Phi) is 6.51. The lowest BCUT2D eigenvalue weighted by molar-refractivity contribution is -0.118. The largest absolute Gasteiger partial charge is 0.497 e. The van der Waals surface area contributed by atoms with Crippen LogP contribution in [0.4, 0.5) is 17.1 Å². The molecule has 2 aliphatic heterocycles. The van der Waals surface area contributed by atoms with Crippen molar-refractivity contribution in [3.63, 3.8) is 0 Å². The summed E-state index contributed by atoms with van der Waals surface area (Å²) in [5, 5.41) is 3.10. The van der Waals surface area contributed by atoms with E-state index in [9.17, 15) is 9.59 Å². The van der Waals surface area contributed by atoms with Crippen molar-refractivity contribution in [2.45, 2.75) is 12.0 Å². The molecule has 0 aromatic heterocycles. The van der Waals surface area contributed by atoms with Gasteiger partial charge in [-0.2, -0.15) is 0 Å². The van der Waals surface area contributed by atoms with Gasteiger partial charge < -0.3 is 24.4 Å². The molecule has 1 N–H and O–H groups in total. The third-order valence-electron chi connectivity index (χ3n) is 7.36. The van der Waals surface area contributed by atoms with E-state index in [1.807, 2.05) is 91.8 Å². The zero-order chi connectivity index (χ0) is 27.8. The van der Waals surface area contributed by atoms with Gasteiger partial charge in [0.25, 0.3) is 5.91 Å². The molecule has 2 aliphatic rings. The summed E-state index contributed by atoms with van der Waals surface area (Å²) in [5.41, 5.74) is 4.26. The lowest BCUT2D eigenvalue weighted by atomic mass is 9.78. The number of ether oxygens (including phenoxy) is 3. The zero-order valence-corrected chi connectivity index (χ0v) is 22.5. The van der Waals surface area contributed by atoms with Gasteiger partial charge >= 0.3 is 0 Å². The summed E-state index contributed by atoms with van der Waals surface area (Å²) >= 11 is 0. The van der Waals surface area contributed by atoms with E-state index in [0.717, 1.165) is 11.3 Å². The highest BCUT2D eigenvalue weighted by Crippen LogP contribution is 2.47. The van der Waals surface area contributed by atoms with E-state index in [1.165, 1.54) is 0 Å². The lowest BCUT2D eigenvalue weighted by Gasteiger charge is -2.42. The number of fused-ring (bicyclic) bond motifs is 2. The van der Waals surface area contributed by atoms with Crippen molar-refractivity contribution in [1.82, 2.24) is 0 Å². The van der Waals surface area contributed by atoms with Gasteiger partial charge in [-0.05, 0) is 65.7 Å². The van der Waals surface area contributed by atoms with Crippen LogP contribution in [0.15, 0.2) is 91.0 Å². The minimum atomic E-state index is -0.707. The van der Waals surface area contributed by atoms with Crippen molar-refractivity contribution >= 4 is 28.9 Å². The molecule has 0 saturated carbocycles. The number of benzene rings is 4. The first-order chi connectivity index (χ1) is 19.4. The second-order valence-corrected chi connectivity index (χ2v) is 9.93. The highest BCUT2D eigenvalue weighted by molar-refractivity contribution is 6.12. The van der Waals surface area contributed by atoms with Gasteiger partial charge in [-0.25, -0.2) is 0 Å². The van der Waals surface area contributed by atoms with Crippen molar-refractivity contribution in [2.75, 3.05) is 43.1 Å². The Morgan fingerprint density at radius 1 is 0.925 bits per heavy atom. The summed E-state index contributed by atoms with van der Waals surface area (Å²) in [6.45, 7) is 0.120. The molecular formula is C32H29N3O5. The number of amides is 2. The Balaban J connectivity index is 1.48. The first kappa shape index (κ1) is 25.3. The molecule has 2 atom stereocenters. The number of nitrogens with one attached hydrogen (secondary N) is 1. The third kappa shape index (κ3) is 4.47. The summed E-state index contributed by atoms with van der Waals surface area (Å²) in [4.78, 5) is 32.0. The number of carbonyl (C=O) groups excluding carboxylic acids is 2. The van der Waals surface area contributed by atoms with E-state index in [4.69, 9.17) is 14.2 Å². The molecule has 0 fully saturated rings. The van der Waals surface area contributed by atoms with E-state index >= 15 is 0 Å². The van der Waals surface area contributed by atoms with Crippen molar-refractivity contribution in [1.29, 1.82) is 0 Å².